The van der Waals surface area contributed by atoms with Gasteiger partial charge in [-0.05, 0) is 29.7 Å². The number of phenolic OH excluding ortho intramolecular Hbond substituents is 1. The van der Waals surface area contributed by atoms with E-state index in [1.165, 1.54) is 22.1 Å². The molecule has 2 nitrogen and oxygen atoms in total. The minimum absolute atomic E-state index is 0.428. The van der Waals surface area contributed by atoms with Gasteiger partial charge in [-0.25, -0.2) is 0 Å². The zero-order valence-electron chi connectivity index (χ0n) is 15.0. The van der Waals surface area contributed by atoms with E-state index in [0.29, 0.717) is 14.3 Å². The summed E-state index contributed by atoms with van der Waals surface area (Å²) in [6, 6.07) is 22.7. The molecule has 0 fully saturated rings. The first-order chi connectivity index (χ1) is 12.1. The third-order valence-corrected chi connectivity index (χ3v) is 5.92. The highest BCUT2D eigenvalue weighted by molar-refractivity contribution is 7.56. The summed E-state index contributed by atoms with van der Waals surface area (Å²) in [5.74, 6) is 0.428. The summed E-state index contributed by atoms with van der Waals surface area (Å²) in [5, 5.41) is 13.1. The smallest absolute Gasteiger partial charge is 0.126 e. The molecule has 0 heterocycles. The van der Waals surface area contributed by atoms with Crippen molar-refractivity contribution < 1.29 is 5.11 Å². The van der Waals surface area contributed by atoms with Gasteiger partial charge in [0.25, 0.3) is 0 Å². The van der Waals surface area contributed by atoms with Crippen molar-refractivity contribution in [1.29, 1.82) is 0 Å². The summed E-state index contributed by atoms with van der Waals surface area (Å²) in [7, 11) is 4.56. The minimum Gasteiger partial charge on any atom is -0.507 e. The molecule has 3 heteroatoms. The molecule has 0 spiro atoms. The highest BCUT2D eigenvalue weighted by atomic mass is 31.1. The predicted octanol–water partition coefficient (Wildman–Crippen LogP) is 3.99. The summed E-state index contributed by atoms with van der Waals surface area (Å²) < 4.78 is 0. The number of anilines is 1. The Morgan fingerprint density at radius 2 is 1.60 bits per heavy atom. The summed E-state index contributed by atoms with van der Waals surface area (Å²) >= 11 is 0. The minimum atomic E-state index is 0.428. The molecule has 0 bridgehead atoms. The molecule has 1 N–H and O–H groups in total. The molecule has 3 aromatic carbocycles. The highest BCUT2D eigenvalue weighted by Gasteiger charge is 2.13. The van der Waals surface area contributed by atoms with Crippen LogP contribution in [-0.2, 0) is 6.42 Å². The third kappa shape index (κ3) is 4.03. The van der Waals surface area contributed by atoms with Crippen molar-refractivity contribution in [3.63, 3.8) is 0 Å². The Kier molecular flexibility index (Phi) is 5.40. The van der Waals surface area contributed by atoms with Gasteiger partial charge in [0.05, 0.1) is 0 Å². The molecule has 0 aliphatic carbocycles. The molecule has 0 saturated carbocycles. The lowest BCUT2D eigenvalue weighted by molar-refractivity contribution is 0.474. The number of rotatable bonds is 5. The number of benzene rings is 3. The van der Waals surface area contributed by atoms with Gasteiger partial charge in [-0.1, -0.05) is 69.2 Å². The van der Waals surface area contributed by atoms with Crippen LogP contribution in [0.5, 0.6) is 5.75 Å². The van der Waals surface area contributed by atoms with Crippen LogP contribution in [0.15, 0.2) is 66.7 Å². The van der Waals surface area contributed by atoms with Gasteiger partial charge in [-0.3, -0.25) is 0 Å². The number of nitrogens with zero attached hydrogens (tertiary/aromatic N) is 1. The van der Waals surface area contributed by atoms with Gasteiger partial charge >= 0.3 is 0 Å². The Morgan fingerprint density at radius 1 is 0.880 bits per heavy atom. The van der Waals surface area contributed by atoms with Gasteiger partial charge in [-0.2, -0.15) is 0 Å². The second-order valence-corrected chi connectivity index (χ2v) is 7.75. The molecular weight excluding hydrogens is 325 g/mol. The lowest BCUT2D eigenvalue weighted by atomic mass is 10.0. The standard InChI is InChI=1S/C22H24NOP/c1-16-9-7-13-19(23(2)3)22(16)25-20-14-8-12-18(21(20)24)15-17-10-5-4-6-11-17/h4-14,24-25H,15H2,1-3H3. The van der Waals surface area contributed by atoms with E-state index in [0.717, 1.165) is 17.3 Å². The molecule has 1 unspecified atom stereocenters. The van der Waals surface area contributed by atoms with E-state index in [9.17, 15) is 5.11 Å². The second-order valence-electron chi connectivity index (χ2n) is 6.46. The van der Waals surface area contributed by atoms with Gasteiger partial charge in [0.2, 0.25) is 0 Å². The Hall–Kier alpha value is -2.31. The average molecular weight is 349 g/mol. The third-order valence-electron chi connectivity index (χ3n) is 4.35. The number of para-hydroxylation sites is 1. The first-order valence-corrected chi connectivity index (χ1v) is 9.45. The van der Waals surface area contributed by atoms with E-state index >= 15 is 0 Å². The molecule has 1 atom stereocenters. The molecule has 0 saturated heterocycles. The zero-order chi connectivity index (χ0) is 17.8. The Labute approximate surface area is 151 Å². The van der Waals surface area contributed by atoms with E-state index in [-0.39, 0.29) is 0 Å². The maximum atomic E-state index is 10.8. The van der Waals surface area contributed by atoms with Crippen molar-refractivity contribution in [3.05, 3.63) is 83.4 Å². The highest BCUT2D eigenvalue weighted by Crippen LogP contribution is 2.28. The van der Waals surface area contributed by atoms with E-state index < -0.39 is 0 Å². The molecule has 3 rings (SSSR count). The number of hydrogen-bond acceptors (Lipinski definition) is 2. The van der Waals surface area contributed by atoms with Gasteiger partial charge in [0, 0.05) is 36.8 Å². The summed E-state index contributed by atoms with van der Waals surface area (Å²) in [5.41, 5.74) is 4.67. The first-order valence-electron chi connectivity index (χ1n) is 8.45. The van der Waals surface area contributed by atoms with E-state index in [1.54, 1.807) is 0 Å². The number of aryl methyl sites for hydroxylation is 1. The van der Waals surface area contributed by atoms with Crippen LogP contribution >= 0.6 is 8.58 Å². The molecule has 0 aliphatic rings. The van der Waals surface area contributed by atoms with E-state index in [4.69, 9.17) is 0 Å². The van der Waals surface area contributed by atoms with Crippen LogP contribution < -0.4 is 15.5 Å². The molecule has 0 aromatic heterocycles. The van der Waals surface area contributed by atoms with Crippen molar-refractivity contribution in [2.75, 3.05) is 19.0 Å². The molecule has 3 aromatic rings. The molecule has 0 amide bonds. The van der Waals surface area contributed by atoms with Gasteiger partial charge in [0.15, 0.2) is 0 Å². The molecule has 0 radical (unpaired) electrons. The molecular formula is C22H24NOP. The predicted molar refractivity (Wildman–Crippen MR) is 110 cm³/mol. The molecule has 128 valence electrons. The Balaban J connectivity index is 1.94. The van der Waals surface area contributed by atoms with Crippen molar-refractivity contribution >= 4 is 24.9 Å². The van der Waals surface area contributed by atoms with Crippen molar-refractivity contribution in [1.82, 2.24) is 0 Å². The molecule has 0 aliphatic heterocycles. The van der Waals surface area contributed by atoms with Crippen molar-refractivity contribution in [2.45, 2.75) is 13.3 Å². The van der Waals surface area contributed by atoms with Gasteiger partial charge in [-0.15, -0.1) is 0 Å². The lowest BCUT2D eigenvalue weighted by Crippen LogP contribution is -2.19. The van der Waals surface area contributed by atoms with E-state index in [1.807, 2.05) is 36.4 Å². The van der Waals surface area contributed by atoms with Crippen LogP contribution in [0.4, 0.5) is 5.69 Å². The largest absolute Gasteiger partial charge is 0.507 e. The fraction of sp³-hybridized carbons (Fsp3) is 0.182. The first kappa shape index (κ1) is 17.5. The van der Waals surface area contributed by atoms with Crippen LogP contribution in [-0.4, -0.2) is 19.2 Å². The Bertz CT molecular complexity index is 859. The lowest BCUT2D eigenvalue weighted by Gasteiger charge is -2.20. The number of aromatic hydroxyl groups is 1. The van der Waals surface area contributed by atoms with Crippen LogP contribution in [0, 0.1) is 6.92 Å². The van der Waals surface area contributed by atoms with Crippen molar-refractivity contribution in [2.24, 2.45) is 0 Å². The maximum Gasteiger partial charge on any atom is 0.126 e. The SMILES string of the molecule is Cc1cccc(N(C)C)c1Pc1cccc(Cc2ccccc2)c1O. The van der Waals surface area contributed by atoms with Gasteiger partial charge < -0.3 is 10.0 Å². The summed E-state index contributed by atoms with van der Waals surface area (Å²) in [6.07, 6.45) is 0.749. The summed E-state index contributed by atoms with van der Waals surface area (Å²) in [6.45, 7) is 2.14. The van der Waals surface area contributed by atoms with Crippen LogP contribution in [0.1, 0.15) is 16.7 Å². The van der Waals surface area contributed by atoms with Crippen LogP contribution in [0.3, 0.4) is 0 Å². The van der Waals surface area contributed by atoms with E-state index in [2.05, 4.69) is 56.3 Å². The van der Waals surface area contributed by atoms with Gasteiger partial charge in [0.1, 0.15) is 5.75 Å². The fourth-order valence-electron chi connectivity index (χ4n) is 2.97. The topological polar surface area (TPSA) is 23.5 Å². The number of phenols is 1. The molecule has 25 heavy (non-hydrogen) atoms. The fourth-order valence-corrected chi connectivity index (χ4v) is 4.42. The second kappa shape index (κ2) is 7.72. The van der Waals surface area contributed by atoms with Crippen LogP contribution in [0.25, 0.3) is 0 Å². The quantitative estimate of drug-likeness (QED) is 0.704. The average Bonchev–Trinajstić information content (AvgIpc) is 2.60. The monoisotopic (exact) mass is 349 g/mol. The zero-order valence-corrected chi connectivity index (χ0v) is 16.0. The van der Waals surface area contributed by atoms with Crippen LogP contribution in [0.2, 0.25) is 0 Å². The Morgan fingerprint density at radius 3 is 2.32 bits per heavy atom. The van der Waals surface area contributed by atoms with Crippen molar-refractivity contribution in [3.8, 4) is 5.75 Å². The number of hydrogen-bond donors (Lipinski definition) is 1. The normalized spacial score (nSPS) is 11.2. The maximum absolute atomic E-state index is 10.8. The summed E-state index contributed by atoms with van der Waals surface area (Å²) in [4.78, 5) is 2.14.